The monoisotopic (exact) mass is 287 g/mol. The average molecular weight is 287 g/mol. The van der Waals surface area contributed by atoms with Gasteiger partial charge >= 0.3 is 0 Å². The lowest BCUT2D eigenvalue weighted by molar-refractivity contribution is -0.126. The van der Waals surface area contributed by atoms with Crippen LogP contribution in [-0.2, 0) is 10.3 Å². The number of likely N-dealkylation sites (N-methyl/N-ethyl adjacent to an activating group) is 1. The Bertz CT molecular complexity index is 496. The van der Waals surface area contributed by atoms with Crippen LogP contribution >= 0.6 is 0 Å². The molecule has 1 aromatic carbocycles. The number of nitrogens with one attached hydrogen (secondary N) is 1. The molecule has 21 heavy (non-hydrogen) atoms. The fraction of sp³-hybridized carbons (Fsp3) is 0.588. The SMILES string of the molecule is CN(CC(NC1CC1)(C(N)=O)c1ccccc1)C1CCC1. The second kappa shape index (κ2) is 5.78. The zero-order chi connectivity index (χ0) is 14.9. The van der Waals surface area contributed by atoms with Gasteiger partial charge in [0.15, 0.2) is 0 Å². The minimum Gasteiger partial charge on any atom is -0.368 e. The number of nitrogens with two attached hydrogens (primary N) is 1. The van der Waals surface area contributed by atoms with Crippen molar-refractivity contribution in [2.45, 2.75) is 49.7 Å². The minimum absolute atomic E-state index is 0.272. The summed E-state index contributed by atoms with van der Waals surface area (Å²) in [7, 11) is 2.11. The molecule has 4 heteroatoms. The molecule has 0 heterocycles. The number of carbonyl (C=O) groups is 1. The first-order chi connectivity index (χ1) is 10.1. The van der Waals surface area contributed by atoms with Gasteiger partial charge in [0.2, 0.25) is 5.91 Å². The van der Waals surface area contributed by atoms with E-state index in [4.69, 9.17) is 5.73 Å². The third-order valence-corrected chi connectivity index (χ3v) is 4.90. The Labute approximate surface area is 126 Å². The predicted octanol–water partition coefficient (Wildman–Crippen LogP) is 1.60. The topological polar surface area (TPSA) is 58.4 Å². The molecule has 1 unspecified atom stereocenters. The third-order valence-electron chi connectivity index (χ3n) is 4.90. The van der Waals surface area contributed by atoms with E-state index in [1.54, 1.807) is 0 Å². The molecule has 0 radical (unpaired) electrons. The molecule has 2 aliphatic carbocycles. The maximum Gasteiger partial charge on any atom is 0.243 e. The first kappa shape index (κ1) is 14.5. The molecule has 1 aromatic rings. The highest BCUT2D eigenvalue weighted by atomic mass is 16.1. The van der Waals surface area contributed by atoms with Gasteiger partial charge in [-0.25, -0.2) is 0 Å². The largest absolute Gasteiger partial charge is 0.368 e. The molecule has 4 nitrogen and oxygen atoms in total. The van der Waals surface area contributed by atoms with Crippen molar-refractivity contribution in [2.75, 3.05) is 13.6 Å². The van der Waals surface area contributed by atoms with Crippen LogP contribution in [0, 0.1) is 0 Å². The minimum atomic E-state index is -0.771. The van der Waals surface area contributed by atoms with Crippen LogP contribution in [0.25, 0.3) is 0 Å². The van der Waals surface area contributed by atoms with E-state index in [0.29, 0.717) is 18.6 Å². The van der Waals surface area contributed by atoms with Crippen LogP contribution in [0.15, 0.2) is 30.3 Å². The molecule has 114 valence electrons. The maximum atomic E-state index is 12.4. The van der Waals surface area contributed by atoms with E-state index in [9.17, 15) is 4.79 Å². The second-order valence-electron chi connectivity index (χ2n) is 6.55. The van der Waals surface area contributed by atoms with Gasteiger partial charge in [0.25, 0.3) is 0 Å². The zero-order valence-corrected chi connectivity index (χ0v) is 12.7. The molecular formula is C17H25N3O. The summed E-state index contributed by atoms with van der Waals surface area (Å²) in [5, 5.41) is 3.54. The van der Waals surface area contributed by atoms with E-state index >= 15 is 0 Å². The van der Waals surface area contributed by atoms with Crippen LogP contribution < -0.4 is 11.1 Å². The molecule has 2 fully saturated rings. The summed E-state index contributed by atoms with van der Waals surface area (Å²) >= 11 is 0. The van der Waals surface area contributed by atoms with Gasteiger partial charge in [-0.3, -0.25) is 10.1 Å². The van der Waals surface area contributed by atoms with Crippen molar-refractivity contribution < 1.29 is 4.79 Å². The smallest absolute Gasteiger partial charge is 0.243 e. The van der Waals surface area contributed by atoms with E-state index in [1.165, 1.54) is 19.3 Å². The van der Waals surface area contributed by atoms with E-state index < -0.39 is 5.54 Å². The van der Waals surface area contributed by atoms with Crippen molar-refractivity contribution in [3.05, 3.63) is 35.9 Å². The molecule has 2 aliphatic rings. The number of hydrogen-bond acceptors (Lipinski definition) is 3. The quantitative estimate of drug-likeness (QED) is 0.801. The van der Waals surface area contributed by atoms with E-state index in [0.717, 1.165) is 18.4 Å². The van der Waals surface area contributed by atoms with Crippen molar-refractivity contribution in [1.82, 2.24) is 10.2 Å². The summed E-state index contributed by atoms with van der Waals surface area (Å²) in [5.74, 6) is -0.272. The number of amides is 1. The Hall–Kier alpha value is -1.39. The van der Waals surface area contributed by atoms with Crippen molar-refractivity contribution in [3.63, 3.8) is 0 Å². The Morgan fingerprint density at radius 3 is 2.43 bits per heavy atom. The molecule has 1 amide bonds. The molecular weight excluding hydrogens is 262 g/mol. The van der Waals surface area contributed by atoms with Crippen LogP contribution in [0.3, 0.4) is 0 Å². The number of rotatable bonds is 7. The summed E-state index contributed by atoms with van der Waals surface area (Å²) in [5.41, 5.74) is 6.07. The molecule has 0 bridgehead atoms. The van der Waals surface area contributed by atoms with Gasteiger partial charge in [-0.1, -0.05) is 36.8 Å². The lowest BCUT2D eigenvalue weighted by Gasteiger charge is -2.42. The number of carbonyl (C=O) groups excluding carboxylic acids is 1. The standard InChI is InChI=1S/C17H25N3O/c1-20(15-8-5-9-15)12-17(16(18)21,19-14-10-11-14)13-6-3-2-4-7-13/h2-4,6-7,14-15,19H,5,8-12H2,1H3,(H2,18,21). The lowest BCUT2D eigenvalue weighted by atomic mass is 9.85. The molecule has 3 N–H and O–H groups in total. The molecule has 0 saturated heterocycles. The van der Waals surface area contributed by atoms with Crippen molar-refractivity contribution in [1.29, 1.82) is 0 Å². The van der Waals surface area contributed by atoms with E-state index in [2.05, 4.69) is 17.3 Å². The first-order valence-electron chi connectivity index (χ1n) is 7.95. The summed E-state index contributed by atoms with van der Waals surface area (Å²) in [6.07, 6.45) is 6.01. The molecule has 3 rings (SSSR count). The van der Waals surface area contributed by atoms with Crippen molar-refractivity contribution >= 4 is 5.91 Å². The number of hydrogen-bond donors (Lipinski definition) is 2. The van der Waals surface area contributed by atoms with Gasteiger partial charge in [0.05, 0.1) is 0 Å². The fourth-order valence-corrected chi connectivity index (χ4v) is 3.14. The van der Waals surface area contributed by atoms with Gasteiger partial charge in [-0.05, 0) is 38.3 Å². The predicted molar refractivity (Wildman–Crippen MR) is 83.7 cm³/mol. The van der Waals surface area contributed by atoms with Crippen LogP contribution in [0.2, 0.25) is 0 Å². The third kappa shape index (κ3) is 2.97. The van der Waals surface area contributed by atoms with Gasteiger partial charge in [0, 0.05) is 18.6 Å². The molecule has 0 aliphatic heterocycles. The van der Waals surface area contributed by atoms with E-state index in [1.807, 2.05) is 30.3 Å². The maximum absolute atomic E-state index is 12.4. The van der Waals surface area contributed by atoms with Gasteiger partial charge in [-0.2, -0.15) is 0 Å². The number of nitrogens with zero attached hydrogens (tertiary/aromatic N) is 1. The zero-order valence-electron chi connectivity index (χ0n) is 12.7. The Kier molecular flexibility index (Phi) is 4.00. The molecule has 0 spiro atoms. The molecule has 1 atom stereocenters. The van der Waals surface area contributed by atoms with Crippen molar-refractivity contribution in [3.8, 4) is 0 Å². The van der Waals surface area contributed by atoms with Crippen molar-refractivity contribution in [2.24, 2.45) is 5.73 Å². The molecule has 0 aromatic heterocycles. The summed E-state index contributed by atoms with van der Waals surface area (Å²) in [6.45, 7) is 0.646. The Morgan fingerprint density at radius 2 is 1.95 bits per heavy atom. The molecule has 2 saturated carbocycles. The number of primary amides is 1. The van der Waals surface area contributed by atoms with Crippen LogP contribution in [0.1, 0.15) is 37.7 Å². The lowest BCUT2D eigenvalue weighted by Crippen LogP contribution is -2.60. The highest BCUT2D eigenvalue weighted by Gasteiger charge is 2.44. The average Bonchev–Trinajstić information content (AvgIpc) is 3.20. The van der Waals surface area contributed by atoms with Gasteiger partial charge in [-0.15, -0.1) is 0 Å². The van der Waals surface area contributed by atoms with Crippen LogP contribution in [0.4, 0.5) is 0 Å². The Balaban J connectivity index is 1.89. The Morgan fingerprint density at radius 1 is 1.29 bits per heavy atom. The van der Waals surface area contributed by atoms with Gasteiger partial charge < -0.3 is 10.6 Å². The summed E-state index contributed by atoms with van der Waals surface area (Å²) in [4.78, 5) is 14.7. The first-order valence-corrected chi connectivity index (χ1v) is 7.95. The number of benzene rings is 1. The van der Waals surface area contributed by atoms with Crippen LogP contribution in [-0.4, -0.2) is 36.5 Å². The second-order valence-corrected chi connectivity index (χ2v) is 6.55. The van der Waals surface area contributed by atoms with Gasteiger partial charge in [0.1, 0.15) is 5.54 Å². The normalized spacial score (nSPS) is 21.8. The summed E-state index contributed by atoms with van der Waals surface area (Å²) < 4.78 is 0. The van der Waals surface area contributed by atoms with E-state index in [-0.39, 0.29) is 5.91 Å². The highest BCUT2D eigenvalue weighted by Crippen LogP contribution is 2.32. The summed E-state index contributed by atoms with van der Waals surface area (Å²) in [6, 6.07) is 11.0. The van der Waals surface area contributed by atoms with Crippen LogP contribution in [0.5, 0.6) is 0 Å². The fourth-order valence-electron chi connectivity index (χ4n) is 3.14. The highest BCUT2D eigenvalue weighted by molar-refractivity contribution is 5.86.